The zero-order valence-electron chi connectivity index (χ0n) is 14.5. The summed E-state index contributed by atoms with van der Waals surface area (Å²) >= 11 is 0. The number of aliphatic imine (C=N–C) groups is 1. The smallest absolute Gasteiger partial charge is 0.349 e. The van der Waals surface area contributed by atoms with Crippen LogP contribution < -0.4 is 0 Å². The molecule has 1 fully saturated rings. The standard InChI is InChI=1S/C17H24F3N3.HI/c1-22(2)15(23(3)4)21-12-16(9-6-10-16)13-7-5-8-14(11-13)17(18,19)20;/h5,7-8,11H,6,9-10,12H2,1-4H3;1H. The summed E-state index contributed by atoms with van der Waals surface area (Å²) in [6.07, 6.45) is -1.51. The summed E-state index contributed by atoms with van der Waals surface area (Å²) in [5, 5.41) is 0. The van der Waals surface area contributed by atoms with Gasteiger partial charge in [0.15, 0.2) is 5.96 Å². The van der Waals surface area contributed by atoms with Crippen LogP contribution in [0.1, 0.15) is 30.4 Å². The molecule has 1 aromatic rings. The summed E-state index contributed by atoms with van der Waals surface area (Å²) in [7, 11) is 7.65. The normalized spacial score (nSPS) is 15.8. The summed E-state index contributed by atoms with van der Waals surface area (Å²) in [6, 6.07) is 5.72. The zero-order valence-corrected chi connectivity index (χ0v) is 16.9. The van der Waals surface area contributed by atoms with E-state index in [4.69, 9.17) is 0 Å². The molecule has 0 amide bonds. The highest BCUT2D eigenvalue weighted by Gasteiger charge is 2.40. The van der Waals surface area contributed by atoms with Crippen LogP contribution in [-0.4, -0.2) is 50.5 Å². The number of rotatable bonds is 3. The largest absolute Gasteiger partial charge is 0.416 e. The second-order valence-electron chi connectivity index (χ2n) is 6.62. The van der Waals surface area contributed by atoms with E-state index in [1.54, 1.807) is 6.07 Å². The Labute approximate surface area is 158 Å². The Hall–Kier alpha value is -0.990. The third-order valence-electron chi connectivity index (χ3n) is 4.44. The van der Waals surface area contributed by atoms with Crippen LogP contribution in [0.2, 0.25) is 0 Å². The molecule has 0 aromatic heterocycles. The van der Waals surface area contributed by atoms with Crippen molar-refractivity contribution < 1.29 is 13.2 Å². The lowest BCUT2D eigenvalue weighted by atomic mass is 9.64. The Morgan fingerprint density at radius 2 is 1.71 bits per heavy atom. The molecule has 1 saturated carbocycles. The van der Waals surface area contributed by atoms with Crippen LogP contribution in [0.4, 0.5) is 13.2 Å². The minimum Gasteiger partial charge on any atom is -0.349 e. The lowest BCUT2D eigenvalue weighted by Crippen LogP contribution is -2.41. The number of hydrogen-bond donors (Lipinski definition) is 0. The van der Waals surface area contributed by atoms with E-state index >= 15 is 0 Å². The van der Waals surface area contributed by atoms with Crippen molar-refractivity contribution in [3.63, 3.8) is 0 Å². The molecule has 0 atom stereocenters. The van der Waals surface area contributed by atoms with Gasteiger partial charge in [-0.25, -0.2) is 0 Å². The van der Waals surface area contributed by atoms with Crippen LogP contribution in [0.25, 0.3) is 0 Å². The highest BCUT2D eigenvalue weighted by atomic mass is 127. The Balaban J connectivity index is 0.00000288. The van der Waals surface area contributed by atoms with E-state index in [0.29, 0.717) is 6.54 Å². The van der Waals surface area contributed by atoms with E-state index in [1.165, 1.54) is 12.1 Å². The van der Waals surface area contributed by atoms with Crippen LogP contribution in [0.5, 0.6) is 0 Å². The van der Waals surface area contributed by atoms with Crippen molar-refractivity contribution in [2.45, 2.75) is 30.9 Å². The van der Waals surface area contributed by atoms with Crippen LogP contribution in [0.15, 0.2) is 29.3 Å². The van der Waals surface area contributed by atoms with Crippen LogP contribution in [-0.2, 0) is 11.6 Å². The second kappa shape index (κ2) is 7.93. The van der Waals surface area contributed by atoms with Crippen molar-refractivity contribution in [3.05, 3.63) is 35.4 Å². The number of alkyl halides is 3. The molecule has 0 radical (unpaired) electrons. The molecule has 0 heterocycles. The number of hydrogen-bond acceptors (Lipinski definition) is 1. The first-order valence-corrected chi connectivity index (χ1v) is 7.72. The van der Waals surface area contributed by atoms with Crippen LogP contribution >= 0.6 is 24.0 Å². The highest BCUT2D eigenvalue weighted by Crippen LogP contribution is 2.45. The van der Waals surface area contributed by atoms with Gasteiger partial charge in [-0.1, -0.05) is 24.6 Å². The Bertz CT molecular complexity index is 569. The van der Waals surface area contributed by atoms with Crippen molar-refractivity contribution in [1.29, 1.82) is 0 Å². The SMILES string of the molecule is CN(C)C(=NCC1(c2cccc(C(F)(F)F)c2)CCC1)N(C)C.I. The minimum absolute atomic E-state index is 0. The monoisotopic (exact) mass is 455 g/mol. The average molecular weight is 455 g/mol. The lowest BCUT2D eigenvalue weighted by molar-refractivity contribution is -0.137. The molecule has 0 bridgehead atoms. The molecule has 0 saturated heterocycles. The van der Waals surface area contributed by atoms with E-state index in [1.807, 2.05) is 38.0 Å². The fraction of sp³-hybridized carbons (Fsp3) is 0.588. The van der Waals surface area contributed by atoms with Gasteiger partial charge >= 0.3 is 6.18 Å². The van der Waals surface area contributed by atoms with Crippen LogP contribution in [0.3, 0.4) is 0 Å². The van der Waals surface area contributed by atoms with Gasteiger partial charge in [0.1, 0.15) is 0 Å². The van der Waals surface area contributed by atoms with Gasteiger partial charge in [-0.15, -0.1) is 24.0 Å². The van der Waals surface area contributed by atoms with Crippen molar-refractivity contribution in [1.82, 2.24) is 9.80 Å². The van der Waals surface area contributed by atoms with Gasteiger partial charge in [0.05, 0.1) is 12.1 Å². The molecule has 136 valence electrons. The van der Waals surface area contributed by atoms with Gasteiger partial charge in [0.2, 0.25) is 0 Å². The molecule has 3 nitrogen and oxygen atoms in total. The molecule has 1 aliphatic rings. The summed E-state index contributed by atoms with van der Waals surface area (Å²) in [5.41, 5.74) is -0.0942. The predicted molar refractivity (Wildman–Crippen MR) is 102 cm³/mol. The minimum atomic E-state index is -4.30. The quantitative estimate of drug-likeness (QED) is 0.386. The predicted octanol–water partition coefficient (Wildman–Crippen LogP) is 4.22. The third kappa shape index (κ3) is 4.55. The van der Waals surface area contributed by atoms with Gasteiger partial charge in [-0.3, -0.25) is 4.99 Å². The summed E-state index contributed by atoms with van der Waals surface area (Å²) in [6.45, 7) is 0.514. The first kappa shape index (κ1) is 21.1. The molecule has 0 spiro atoms. The molecule has 2 rings (SSSR count). The van der Waals surface area contributed by atoms with Crippen molar-refractivity contribution in [2.75, 3.05) is 34.7 Å². The summed E-state index contributed by atoms with van der Waals surface area (Å²) in [4.78, 5) is 8.50. The molecular formula is C17H25F3IN3. The fourth-order valence-electron chi connectivity index (χ4n) is 3.07. The van der Waals surface area contributed by atoms with Gasteiger partial charge in [-0.2, -0.15) is 13.2 Å². The lowest BCUT2D eigenvalue weighted by Gasteiger charge is -2.42. The zero-order chi connectivity index (χ0) is 17.3. The third-order valence-corrected chi connectivity index (χ3v) is 4.44. The molecule has 7 heteroatoms. The van der Waals surface area contributed by atoms with Crippen molar-refractivity contribution in [2.24, 2.45) is 4.99 Å². The molecule has 1 aromatic carbocycles. The molecular weight excluding hydrogens is 430 g/mol. The molecule has 0 aliphatic heterocycles. The molecule has 24 heavy (non-hydrogen) atoms. The van der Waals surface area contributed by atoms with E-state index in [2.05, 4.69) is 4.99 Å². The van der Waals surface area contributed by atoms with Crippen molar-refractivity contribution in [3.8, 4) is 0 Å². The molecule has 0 N–H and O–H groups in total. The fourth-order valence-corrected chi connectivity index (χ4v) is 3.07. The Morgan fingerprint density at radius 3 is 2.12 bits per heavy atom. The van der Waals surface area contributed by atoms with Gasteiger partial charge in [-0.05, 0) is 24.5 Å². The number of halogens is 4. The van der Waals surface area contributed by atoms with Gasteiger partial charge < -0.3 is 9.80 Å². The highest BCUT2D eigenvalue weighted by molar-refractivity contribution is 14.0. The Kier molecular flexibility index (Phi) is 6.95. The van der Waals surface area contributed by atoms with E-state index in [9.17, 15) is 13.2 Å². The molecule has 1 aliphatic carbocycles. The number of nitrogens with zero attached hydrogens (tertiary/aromatic N) is 3. The Morgan fingerprint density at radius 1 is 1.12 bits per heavy atom. The van der Waals surface area contributed by atoms with E-state index < -0.39 is 11.7 Å². The average Bonchev–Trinajstić information content (AvgIpc) is 2.40. The van der Waals surface area contributed by atoms with Gasteiger partial charge in [0.25, 0.3) is 0 Å². The first-order chi connectivity index (χ1) is 10.7. The van der Waals surface area contributed by atoms with Crippen LogP contribution in [0, 0.1) is 0 Å². The first-order valence-electron chi connectivity index (χ1n) is 7.72. The van der Waals surface area contributed by atoms with Crippen molar-refractivity contribution >= 4 is 29.9 Å². The second-order valence-corrected chi connectivity index (χ2v) is 6.62. The summed E-state index contributed by atoms with van der Waals surface area (Å²) < 4.78 is 38.9. The number of guanidine groups is 1. The molecule has 0 unspecified atom stereocenters. The maximum absolute atomic E-state index is 13.0. The summed E-state index contributed by atoms with van der Waals surface area (Å²) in [5.74, 6) is 0.822. The van der Waals surface area contributed by atoms with E-state index in [-0.39, 0.29) is 29.4 Å². The maximum atomic E-state index is 13.0. The van der Waals surface area contributed by atoms with E-state index in [0.717, 1.165) is 36.9 Å². The van der Waals surface area contributed by atoms with Gasteiger partial charge in [0, 0.05) is 33.6 Å². The maximum Gasteiger partial charge on any atom is 0.416 e. The number of benzene rings is 1. The topological polar surface area (TPSA) is 18.8 Å².